The lowest BCUT2D eigenvalue weighted by molar-refractivity contribution is 0.523. The lowest BCUT2D eigenvalue weighted by atomic mass is 10.1. The molecule has 0 heterocycles. The van der Waals surface area contributed by atoms with E-state index in [1.165, 1.54) is 16.7 Å². The summed E-state index contributed by atoms with van der Waals surface area (Å²) in [4.78, 5) is 0. The van der Waals surface area contributed by atoms with Gasteiger partial charge in [-0.3, -0.25) is 0 Å². The van der Waals surface area contributed by atoms with Gasteiger partial charge in [-0.1, -0.05) is 36.4 Å². The monoisotopic (exact) mass is 228 g/mol. The van der Waals surface area contributed by atoms with Crippen LogP contribution in [0, 0.1) is 0 Å². The second-order valence-corrected chi connectivity index (χ2v) is 4.11. The highest BCUT2D eigenvalue weighted by molar-refractivity contribution is 7.17. The van der Waals surface area contributed by atoms with Gasteiger partial charge in [0.1, 0.15) is 5.75 Å². The van der Waals surface area contributed by atoms with E-state index in [1.54, 1.807) is 0 Å². The van der Waals surface area contributed by atoms with Crippen molar-refractivity contribution >= 4 is 8.69 Å². The van der Waals surface area contributed by atoms with E-state index in [0.717, 1.165) is 12.0 Å². The smallest absolute Gasteiger partial charge is 0.395 e. The van der Waals surface area contributed by atoms with Crippen LogP contribution in [0.2, 0.25) is 0 Å². The van der Waals surface area contributed by atoms with Crippen molar-refractivity contribution in [1.82, 2.24) is 0 Å². The Morgan fingerprint density at radius 2 is 1.81 bits per heavy atom. The van der Waals surface area contributed by atoms with Crippen LogP contribution >= 0.6 is 8.69 Å². The molecule has 0 unspecified atom stereocenters. The Labute approximate surface area is 95.2 Å². The molecule has 3 rings (SSSR count). The van der Waals surface area contributed by atoms with Crippen LogP contribution in [0.15, 0.2) is 42.5 Å². The minimum absolute atomic E-state index is 0.298. The van der Waals surface area contributed by atoms with Crippen LogP contribution < -0.4 is 4.52 Å². The number of rotatable bonds is 2. The average molecular weight is 228 g/mol. The van der Waals surface area contributed by atoms with Gasteiger partial charge in [0.05, 0.1) is 0 Å². The normalized spacial score (nSPS) is 12.2. The molecule has 3 heteroatoms. The maximum atomic E-state index is 10.5. The van der Waals surface area contributed by atoms with E-state index in [1.807, 2.05) is 24.3 Å². The fraction of sp³-hybridized carbons (Fsp3) is 0.0769. The van der Waals surface area contributed by atoms with Gasteiger partial charge in [0.15, 0.2) is 0 Å². The third-order valence-corrected chi connectivity index (χ3v) is 3.21. The summed E-state index contributed by atoms with van der Waals surface area (Å²) in [6.07, 6.45) is 0.858. The van der Waals surface area contributed by atoms with Gasteiger partial charge in [-0.25, -0.2) is 4.57 Å². The molecule has 0 amide bonds. The first-order valence-electron chi connectivity index (χ1n) is 5.10. The quantitative estimate of drug-likeness (QED) is 0.623. The van der Waals surface area contributed by atoms with E-state index in [2.05, 4.69) is 18.2 Å². The Bertz CT molecular complexity index is 564. The molecule has 0 radical (unpaired) electrons. The van der Waals surface area contributed by atoms with Gasteiger partial charge in [0.2, 0.25) is 0 Å². The van der Waals surface area contributed by atoms with E-state index in [4.69, 9.17) is 4.52 Å². The van der Waals surface area contributed by atoms with Crippen molar-refractivity contribution in [3.8, 4) is 16.9 Å². The summed E-state index contributed by atoms with van der Waals surface area (Å²) in [6.45, 7) is 0. The van der Waals surface area contributed by atoms with Crippen LogP contribution in [0.4, 0.5) is 0 Å². The summed E-state index contributed by atoms with van der Waals surface area (Å²) in [6, 6.07) is 14.2. The first kappa shape index (κ1) is 9.56. The Hall–Kier alpha value is -1.66. The molecule has 2 aromatic rings. The summed E-state index contributed by atoms with van der Waals surface area (Å²) >= 11 is 0. The molecule has 0 bridgehead atoms. The summed E-state index contributed by atoms with van der Waals surface area (Å²) in [5.41, 5.74) is 4.88. The molecule has 78 valence electrons. The van der Waals surface area contributed by atoms with Crippen molar-refractivity contribution in [2.45, 2.75) is 6.42 Å². The maximum absolute atomic E-state index is 10.5. The predicted molar refractivity (Wildman–Crippen MR) is 62.9 cm³/mol. The Kier molecular flexibility index (Phi) is 2.23. The highest BCUT2D eigenvalue weighted by Gasteiger charge is 2.21. The summed E-state index contributed by atoms with van der Waals surface area (Å²) in [7, 11) is -0.298. The Balaban J connectivity index is 2.19. The molecule has 0 fully saturated rings. The zero-order chi connectivity index (χ0) is 11.0. The van der Waals surface area contributed by atoms with Crippen molar-refractivity contribution < 1.29 is 9.09 Å². The second-order valence-electron chi connectivity index (χ2n) is 3.78. The molecular formula is C13H9O2P. The summed E-state index contributed by atoms with van der Waals surface area (Å²) < 4.78 is 15.6. The van der Waals surface area contributed by atoms with Gasteiger partial charge in [0, 0.05) is 12.0 Å². The molecule has 0 aliphatic heterocycles. The largest absolute Gasteiger partial charge is 0.407 e. The molecule has 0 saturated heterocycles. The third-order valence-electron chi connectivity index (χ3n) is 2.94. The molecular weight excluding hydrogens is 219 g/mol. The molecule has 1 aliphatic rings. The number of fused-ring (bicyclic) bond motifs is 3. The molecule has 0 aromatic heterocycles. The van der Waals surface area contributed by atoms with Gasteiger partial charge in [-0.05, 0) is 22.8 Å². The van der Waals surface area contributed by atoms with E-state index in [9.17, 15) is 4.57 Å². The fourth-order valence-electron chi connectivity index (χ4n) is 2.25. The third kappa shape index (κ3) is 1.35. The number of benzene rings is 2. The molecule has 0 spiro atoms. The molecule has 0 N–H and O–H groups in total. The van der Waals surface area contributed by atoms with Gasteiger partial charge in [0.25, 0.3) is 0 Å². The maximum Gasteiger partial charge on any atom is 0.395 e. The topological polar surface area (TPSA) is 26.3 Å². The minimum Gasteiger partial charge on any atom is -0.407 e. The van der Waals surface area contributed by atoms with E-state index < -0.39 is 0 Å². The van der Waals surface area contributed by atoms with Gasteiger partial charge < -0.3 is 4.52 Å². The van der Waals surface area contributed by atoms with Crippen LogP contribution in [0.1, 0.15) is 11.1 Å². The van der Waals surface area contributed by atoms with E-state index in [-0.39, 0.29) is 8.69 Å². The molecule has 0 atom stereocenters. The molecule has 2 nitrogen and oxygen atoms in total. The standard InChI is InChI=1S/C13H9O2P/c14-16-15-13-7-3-6-11-10-5-2-1-4-9(10)8-12(11)13/h1-7H,8H2. The fourth-order valence-corrected chi connectivity index (χ4v) is 2.51. The van der Waals surface area contributed by atoms with Crippen LogP contribution in [0.5, 0.6) is 5.75 Å². The second kappa shape index (κ2) is 3.73. The first-order chi connectivity index (χ1) is 7.90. The summed E-state index contributed by atoms with van der Waals surface area (Å²) in [5, 5.41) is 0. The minimum atomic E-state index is -0.298. The van der Waals surface area contributed by atoms with Crippen molar-refractivity contribution in [3.63, 3.8) is 0 Å². The van der Waals surface area contributed by atoms with E-state index >= 15 is 0 Å². The highest BCUT2D eigenvalue weighted by atomic mass is 31.1. The predicted octanol–water partition coefficient (Wildman–Crippen LogP) is 3.84. The van der Waals surface area contributed by atoms with Crippen LogP contribution in [-0.4, -0.2) is 0 Å². The number of hydrogen-bond donors (Lipinski definition) is 0. The average Bonchev–Trinajstić information content (AvgIpc) is 2.69. The zero-order valence-electron chi connectivity index (χ0n) is 8.51. The van der Waals surface area contributed by atoms with Crippen LogP contribution in [-0.2, 0) is 11.0 Å². The highest BCUT2D eigenvalue weighted by Crippen LogP contribution is 2.41. The number of hydrogen-bond acceptors (Lipinski definition) is 2. The first-order valence-corrected chi connectivity index (χ1v) is 5.83. The lowest BCUT2D eigenvalue weighted by Crippen LogP contribution is -1.85. The van der Waals surface area contributed by atoms with Crippen LogP contribution in [0.25, 0.3) is 11.1 Å². The molecule has 16 heavy (non-hydrogen) atoms. The van der Waals surface area contributed by atoms with Crippen molar-refractivity contribution in [2.24, 2.45) is 0 Å². The van der Waals surface area contributed by atoms with E-state index in [0.29, 0.717) is 5.75 Å². The molecule has 1 aliphatic carbocycles. The summed E-state index contributed by atoms with van der Waals surface area (Å²) in [5.74, 6) is 0.713. The van der Waals surface area contributed by atoms with Crippen LogP contribution in [0.3, 0.4) is 0 Å². The van der Waals surface area contributed by atoms with Crippen molar-refractivity contribution in [2.75, 3.05) is 0 Å². The van der Waals surface area contributed by atoms with Gasteiger partial charge in [-0.15, -0.1) is 0 Å². The SMILES string of the molecule is O=POc1cccc2c1Cc1ccccc1-2. The van der Waals surface area contributed by atoms with Crippen molar-refractivity contribution in [1.29, 1.82) is 0 Å². The molecule has 0 saturated carbocycles. The lowest BCUT2D eigenvalue weighted by Gasteiger charge is -2.04. The molecule has 2 aromatic carbocycles. The van der Waals surface area contributed by atoms with Gasteiger partial charge >= 0.3 is 8.69 Å². The Morgan fingerprint density at radius 3 is 2.69 bits per heavy atom. The van der Waals surface area contributed by atoms with Crippen molar-refractivity contribution in [3.05, 3.63) is 53.6 Å². The zero-order valence-corrected chi connectivity index (χ0v) is 9.41. The van der Waals surface area contributed by atoms with Gasteiger partial charge in [-0.2, -0.15) is 0 Å². The Morgan fingerprint density at radius 1 is 1.00 bits per heavy atom.